The van der Waals surface area contributed by atoms with Crippen LogP contribution in [0.3, 0.4) is 0 Å². The van der Waals surface area contributed by atoms with Gasteiger partial charge < -0.3 is 19.5 Å². The number of piperidine rings is 1. The minimum atomic E-state index is 0.320. The Balaban J connectivity index is 2.02. The Bertz CT molecular complexity index is 413. The minimum Gasteiger partial charge on any atom is -0.496 e. The minimum absolute atomic E-state index is 0.320. The highest BCUT2D eigenvalue weighted by atomic mass is 16.7. The highest BCUT2D eigenvalue weighted by Crippen LogP contribution is 2.46. The van der Waals surface area contributed by atoms with Gasteiger partial charge in [-0.2, -0.15) is 0 Å². The summed E-state index contributed by atoms with van der Waals surface area (Å²) in [5, 5.41) is 3.38. The fourth-order valence-corrected chi connectivity index (χ4v) is 2.65. The summed E-state index contributed by atoms with van der Waals surface area (Å²) in [6, 6.07) is 3.90. The topological polar surface area (TPSA) is 39.7 Å². The first kappa shape index (κ1) is 10.7. The Labute approximate surface area is 101 Å². The van der Waals surface area contributed by atoms with Crippen LogP contribution in [-0.4, -0.2) is 27.0 Å². The highest BCUT2D eigenvalue weighted by Gasteiger charge is 2.28. The van der Waals surface area contributed by atoms with Crippen LogP contribution >= 0.6 is 0 Å². The van der Waals surface area contributed by atoms with Gasteiger partial charge in [0.05, 0.1) is 7.11 Å². The number of fused-ring (bicyclic) bond motifs is 1. The van der Waals surface area contributed by atoms with Gasteiger partial charge in [0.1, 0.15) is 5.75 Å². The molecule has 0 saturated carbocycles. The summed E-state index contributed by atoms with van der Waals surface area (Å²) in [7, 11) is 1.71. The maximum absolute atomic E-state index is 5.60. The van der Waals surface area contributed by atoms with Crippen molar-refractivity contribution in [3.05, 3.63) is 17.7 Å². The van der Waals surface area contributed by atoms with Crippen LogP contribution in [0, 0.1) is 0 Å². The van der Waals surface area contributed by atoms with Gasteiger partial charge in [-0.15, -0.1) is 0 Å². The molecule has 0 radical (unpaired) electrons. The molecule has 2 heterocycles. The summed E-state index contributed by atoms with van der Waals surface area (Å²) >= 11 is 0. The number of ether oxygens (including phenoxy) is 3. The molecule has 1 aromatic carbocycles. The third kappa shape index (κ3) is 1.82. The fraction of sp³-hybridized carbons (Fsp3) is 0.538. The summed E-state index contributed by atoms with van der Waals surface area (Å²) < 4.78 is 16.5. The van der Waals surface area contributed by atoms with E-state index in [4.69, 9.17) is 14.2 Å². The molecule has 0 unspecified atom stereocenters. The van der Waals surface area contributed by atoms with Crippen molar-refractivity contribution in [2.75, 3.05) is 27.0 Å². The predicted molar refractivity (Wildman–Crippen MR) is 64.0 cm³/mol. The Hall–Kier alpha value is -1.42. The van der Waals surface area contributed by atoms with E-state index in [0.717, 1.165) is 43.2 Å². The van der Waals surface area contributed by atoms with Gasteiger partial charge in [-0.1, -0.05) is 0 Å². The molecule has 92 valence electrons. The van der Waals surface area contributed by atoms with E-state index in [0.29, 0.717) is 12.7 Å². The van der Waals surface area contributed by atoms with E-state index >= 15 is 0 Å². The normalized spacial score (nSPS) is 19.4. The molecule has 0 amide bonds. The molecule has 0 aromatic heterocycles. The Kier molecular flexibility index (Phi) is 2.81. The zero-order chi connectivity index (χ0) is 11.7. The molecule has 1 aromatic rings. The second kappa shape index (κ2) is 4.45. The highest BCUT2D eigenvalue weighted by molar-refractivity contribution is 5.56. The molecule has 4 heteroatoms. The van der Waals surface area contributed by atoms with Crippen LogP contribution in [0.25, 0.3) is 0 Å². The van der Waals surface area contributed by atoms with Crippen molar-refractivity contribution < 1.29 is 14.2 Å². The average molecular weight is 235 g/mol. The number of hydrogen-bond acceptors (Lipinski definition) is 4. The summed E-state index contributed by atoms with van der Waals surface area (Å²) in [5.74, 6) is 3.15. The number of rotatable bonds is 2. The molecular weight excluding hydrogens is 218 g/mol. The number of methoxy groups -OCH3 is 1. The lowest BCUT2D eigenvalue weighted by Gasteiger charge is -2.25. The second-order valence-electron chi connectivity index (χ2n) is 4.44. The molecule has 0 aliphatic carbocycles. The molecule has 2 aliphatic heterocycles. The van der Waals surface area contributed by atoms with Crippen LogP contribution in [0.1, 0.15) is 24.3 Å². The van der Waals surface area contributed by atoms with Gasteiger partial charge in [0, 0.05) is 5.56 Å². The SMILES string of the molecule is COc1ccc2c(c1C1CCNCC1)OCO2. The zero-order valence-corrected chi connectivity index (χ0v) is 9.99. The summed E-state index contributed by atoms with van der Waals surface area (Å²) in [4.78, 5) is 0. The van der Waals surface area contributed by atoms with Crippen molar-refractivity contribution in [1.82, 2.24) is 5.32 Å². The van der Waals surface area contributed by atoms with Gasteiger partial charge in [-0.3, -0.25) is 0 Å². The number of hydrogen-bond donors (Lipinski definition) is 1. The monoisotopic (exact) mass is 235 g/mol. The standard InChI is InChI=1S/C13H17NO3/c1-15-10-2-3-11-13(17-8-16-11)12(10)9-4-6-14-7-5-9/h2-3,9,14H,4-8H2,1H3. The maximum Gasteiger partial charge on any atom is 0.231 e. The van der Waals surface area contributed by atoms with Crippen molar-refractivity contribution in [3.8, 4) is 17.2 Å². The first-order valence-corrected chi connectivity index (χ1v) is 6.07. The van der Waals surface area contributed by atoms with Crippen LogP contribution in [0.15, 0.2) is 12.1 Å². The van der Waals surface area contributed by atoms with E-state index in [-0.39, 0.29) is 0 Å². The van der Waals surface area contributed by atoms with Crippen molar-refractivity contribution >= 4 is 0 Å². The lowest BCUT2D eigenvalue weighted by Crippen LogP contribution is -2.27. The lowest BCUT2D eigenvalue weighted by atomic mass is 9.88. The maximum atomic E-state index is 5.60. The Morgan fingerprint density at radius 1 is 1.24 bits per heavy atom. The smallest absolute Gasteiger partial charge is 0.231 e. The van der Waals surface area contributed by atoms with Crippen molar-refractivity contribution in [2.45, 2.75) is 18.8 Å². The third-order valence-corrected chi connectivity index (χ3v) is 3.50. The van der Waals surface area contributed by atoms with Crippen molar-refractivity contribution in [3.63, 3.8) is 0 Å². The van der Waals surface area contributed by atoms with Gasteiger partial charge in [0.2, 0.25) is 6.79 Å². The summed E-state index contributed by atoms with van der Waals surface area (Å²) in [5.41, 5.74) is 1.18. The van der Waals surface area contributed by atoms with Gasteiger partial charge in [-0.25, -0.2) is 0 Å². The van der Waals surface area contributed by atoms with E-state index in [9.17, 15) is 0 Å². The van der Waals surface area contributed by atoms with E-state index in [2.05, 4.69) is 5.32 Å². The van der Waals surface area contributed by atoms with Gasteiger partial charge in [0.25, 0.3) is 0 Å². The van der Waals surface area contributed by atoms with Crippen LogP contribution in [0.2, 0.25) is 0 Å². The molecule has 1 fully saturated rings. The molecule has 0 spiro atoms. The average Bonchev–Trinajstić information content (AvgIpc) is 2.86. The van der Waals surface area contributed by atoms with Crippen LogP contribution in [-0.2, 0) is 0 Å². The molecule has 1 N–H and O–H groups in total. The van der Waals surface area contributed by atoms with Crippen LogP contribution < -0.4 is 19.5 Å². The molecular formula is C13H17NO3. The van der Waals surface area contributed by atoms with E-state index in [1.165, 1.54) is 5.56 Å². The first-order chi connectivity index (χ1) is 8.40. The number of benzene rings is 1. The fourth-order valence-electron chi connectivity index (χ4n) is 2.65. The number of nitrogens with one attached hydrogen (secondary N) is 1. The van der Waals surface area contributed by atoms with E-state index in [1.54, 1.807) is 7.11 Å². The lowest BCUT2D eigenvalue weighted by molar-refractivity contribution is 0.172. The van der Waals surface area contributed by atoms with E-state index < -0.39 is 0 Å². The predicted octanol–water partition coefficient (Wildman–Crippen LogP) is 1.89. The third-order valence-electron chi connectivity index (χ3n) is 3.50. The quantitative estimate of drug-likeness (QED) is 0.849. The molecule has 2 aliphatic rings. The van der Waals surface area contributed by atoms with Crippen molar-refractivity contribution in [2.24, 2.45) is 0 Å². The first-order valence-electron chi connectivity index (χ1n) is 6.07. The van der Waals surface area contributed by atoms with Crippen molar-refractivity contribution in [1.29, 1.82) is 0 Å². The Morgan fingerprint density at radius 2 is 2.06 bits per heavy atom. The molecule has 0 atom stereocenters. The second-order valence-corrected chi connectivity index (χ2v) is 4.44. The van der Waals surface area contributed by atoms with Gasteiger partial charge in [-0.05, 0) is 44.0 Å². The van der Waals surface area contributed by atoms with Crippen LogP contribution in [0.5, 0.6) is 17.2 Å². The zero-order valence-electron chi connectivity index (χ0n) is 9.99. The largest absolute Gasteiger partial charge is 0.496 e. The molecule has 3 rings (SSSR count). The van der Waals surface area contributed by atoms with Gasteiger partial charge in [0.15, 0.2) is 11.5 Å². The van der Waals surface area contributed by atoms with E-state index in [1.807, 2.05) is 12.1 Å². The Morgan fingerprint density at radius 3 is 2.82 bits per heavy atom. The summed E-state index contributed by atoms with van der Waals surface area (Å²) in [6.07, 6.45) is 2.24. The van der Waals surface area contributed by atoms with Gasteiger partial charge >= 0.3 is 0 Å². The molecule has 0 bridgehead atoms. The summed E-state index contributed by atoms with van der Waals surface area (Å²) in [6.45, 7) is 2.43. The molecule has 4 nitrogen and oxygen atoms in total. The molecule has 1 saturated heterocycles. The van der Waals surface area contributed by atoms with Crippen LogP contribution in [0.4, 0.5) is 0 Å². The molecule has 17 heavy (non-hydrogen) atoms.